The maximum Gasteiger partial charge on any atom is 0.271 e. The van der Waals surface area contributed by atoms with Crippen molar-refractivity contribution in [3.8, 4) is 0 Å². The van der Waals surface area contributed by atoms with Gasteiger partial charge in [0, 0.05) is 11.4 Å². The molecule has 0 aliphatic rings. The average molecular weight is 379 g/mol. The number of imidazole rings is 1. The van der Waals surface area contributed by atoms with E-state index in [2.05, 4.69) is 43.4 Å². The van der Waals surface area contributed by atoms with E-state index < -0.39 is 0 Å². The number of hydrogen-bond acceptors (Lipinski definition) is 4. The van der Waals surface area contributed by atoms with E-state index in [1.54, 1.807) is 17.4 Å². The van der Waals surface area contributed by atoms with Gasteiger partial charge in [-0.05, 0) is 55.5 Å². The summed E-state index contributed by atoms with van der Waals surface area (Å²) in [7, 11) is 0. The first kappa shape index (κ1) is 17.5. The molecule has 0 aliphatic carbocycles. The third kappa shape index (κ3) is 3.64. The molecule has 0 aliphatic heterocycles. The number of hydrogen-bond donors (Lipinski definition) is 2. The summed E-state index contributed by atoms with van der Waals surface area (Å²) >= 11 is 1.72. The minimum absolute atomic E-state index is 0.154. The number of rotatable bonds is 6. The molecular weight excluding hydrogens is 358 g/mol. The number of para-hydroxylation sites is 2. The Morgan fingerprint density at radius 1 is 1.26 bits per heavy atom. The topological polar surface area (TPSA) is 75.6 Å². The van der Waals surface area contributed by atoms with Crippen LogP contribution in [0, 0.1) is 13.8 Å². The van der Waals surface area contributed by atoms with Gasteiger partial charge >= 0.3 is 0 Å². The molecule has 0 radical (unpaired) electrons. The van der Waals surface area contributed by atoms with Crippen molar-refractivity contribution in [1.29, 1.82) is 0 Å². The molecule has 1 amide bonds. The molecular formula is C20H21N5OS. The molecule has 0 unspecified atom stereocenters. The quantitative estimate of drug-likeness (QED) is 0.539. The highest BCUT2D eigenvalue weighted by Crippen LogP contribution is 2.17. The molecule has 0 saturated carbocycles. The first-order valence-electron chi connectivity index (χ1n) is 8.89. The van der Waals surface area contributed by atoms with Gasteiger partial charge in [-0.25, -0.2) is 4.98 Å². The number of H-pyrrole nitrogens is 1. The Kier molecular flexibility index (Phi) is 4.77. The summed E-state index contributed by atoms with van der Waals surface area (Å²) in [5.74, 6) is 0.780. The Morgan fingerprint density at radius 3 is 2.93 bits per heavy atom. The Bertz CT molecular complexity index is 1090. The fraction of sp³-hybridized carbons (Fsp3) is 0.250. The van der Waals surface area contributed by atoms with Crippen LogP contribution in [0.1, 0.15) is 32.4 Å². The summed E-state index contributed by atoms with van der Waals surface area (Å²) in [6.07, 6.45) is 0.840. The van der Waals surface area contributed by atoms with Gasteiger partial charge in [-0.15, -0.1) is 11.3 Å². The van der Waals surface area contributed by atoms with E-state index in [0.29, 0.717) is 18.8 Å². The fourth-order valence-corrected chi connectivity index (χ4v) is 4.08. The second-order valence-corrected chi connectivity index (χ2v) is 7.55. The minimum atomic E-state index is -0.154. The van der Waals surface area contributed by atoms with Crippen molar-refractivity contribution in [3.63, 3.8) is 0 Å². The lowest BCUT2D eigenvalue weighted by molar-refractivity contribution is 0.0949. The number of thiophene rings is 1. The molecule has 1 aromatic carbocycles. The second-order valence-electron chi connectivity index (χ2n) is 6.54. The summed E-state index contributed by atoms with van der Waals surface area (Å²) in [4.78, 5) is 18.2. The van der Waals surface area contributed by atoms with Crippen molar-refractivity contribution < 1.29 is 4.79 Å². The van der Waals surface area contributed by atoms with Gasteiger partial charge < -0.3 is 9.88 Å². The summed E-state index contributed by atoms with van der Waals surface area (Å²) < 4.78 is 2.12. The first-order chi connectivity index (χ1) is 13.1. The zero-order chi connectivity index (χ0) is 18.8. The van der Waals surface area contributed by atoms with Crippen LogP contribution in [0.4, 0.5) is 0 Å². The van der Waals surface area contributed by atoms with Crippen LogP contribution in [0.2, 0.25) is 0 Å². The predicted molar refractivity (Wildman–Crippen MR) is 107 cm³/mol. The monoisotopic (exact) mass is 379 g/mol. The zero-order valence-electron chi connectivity index (χ0n) is 15.3. The van der Waals surface area contributed by atoms with Crippen molar-refractivity contribution in [2.24, 2.45) is 0 Å². The van der Waals surface area contributed by atoms with Gasteiger partial charge in [0.25, 0.3) is 5.91 Å². The number of aromatic nitrogens is 4. The van der Waals surface area contributed by atoms with Gasteiger partial charge in [-0.3, -0.25) is 9.89 Å². The molecule has 138 valence electrons. The number of benzene rings is 1. The van der Waals surface area contributed by atoms with Gasteiger partial charge in [0.2, 0.25) is 0 Å². The van der Waals surface area contributed by atoms with Crippen LogP contribution in [0.3, 0.4) is 0 Å². The summed E-state index contributed by atoms with van der Waals surface area (Å²) in [5.41, 5.74) is 4.60. The Balaban J connectivity index is 1.41. The molecule has 27 heavy (non-hydrogen) atoms. The van der Waals surface area contributed by atoms with E-state index in [4.69, 9.17) is 0 Å². The van der Waals surface area contributed by atoms with Crippen molar-refractivity contribution in [1.82, 2.24) is 25.1 Å². The second kappa shape index (κ2) is 7.36. The van der Waals surface area contributed by atoms with Crippen LogP contribution >= 0.6 is 11.3 Å². The number of amides is 1. The van der Waals surface area contributed by atoms with Gasteiger partial charge in [-0.2, -0.15) is 5.10 Å². The van der Waals surface area contributed by atoms with Gasteiger partial charge in [-0.1, -0.05) is 12.1 Å². The fourth-order valence-electron chi connectivity index (χ4n) is 3.17. The highest BCUT2D eigenvalue weighted by molar-refractivity contribution is 7.10. The smallest absolute Gasteiger partial charge is 0.271 e. The molecule has 0 saturated heterocycles. The maximum absolute atomic E-state index is 12.3. The van der Waals surface area contributed by atoms with Crippen molar-refractivity contribution >= 4 is 28.3 Å². The number of carbonyl (C=O) groups excluding carboxylic acids is 1. The number of nitrogens with one attached hydrogen (secondary N) is 2. The van der Waals surface area contributed by atoms with Crippen LogP contribution in [0.15, 0.2) is 41.8 Å². The molecule has 0 atom stereocenters. The van der Waals surface area contributed by atoms with E-state index in [1.807, 2.05) is 31.2 Å². The van der Waals surface area contributed by atoms with Gasteiger partial charge in [0.1, 0.15) is 11.5 Å². The number of fused-ring (bicyclic) bond motifs is 1. The third-order valence-corrected chi connectivity index (χ3v) is 5.73. The molecule has 2 N–H and O–H groups in total. The molecule has 6 nitrogen and oxygen atoms in total. The van der Waals surface area contributed by atoms with E-state index in [-0.39, 0.29) is 5.91 Å². The standard InChI is InChI=1S/C20H21N5OS/c1-13-8-10-27-19(13)7-9-21-20(26)17-11-15(23-24-17)12-25-14(2)22-16-5-3-4-6-18(16)25/h3-6,8,10-11H,7,9,12H2,1-2H3,(H,21,26)(H,23,24). The normalized spacial score (nSPS) is 11.2. The Labute approximate surface area is 161 Å². The van der Waals surface area contributed by atoms with Gasteiger partial charge in [0.15, 0.2) is 0 Å². The molecule has 3 heterocycles. The molecule has 4 rings (SSSR count). The lowest BCUT2D eigenvalue weighted by atomic mass is 10.2. The molecule has 0 spiro atoms. The van der Waals surface area contributed by atoms with E-state index in [1.165, 1.54) is 10.4 Å². The number of carbonyl (C=O) groups is 1. The molecule has 4 aromatic rings. The van der Waals surface area contributed by atoms with Crippen molar-refractivity contribution in [2.45, 2.75) is 26.8 Å². The average Bonchev–Trinajstić information content (AvgIpc) is 3.36. The van der Waals surface area contributed by atoms with E-state index in [9.17, 15) is 4.79 Å². The maximum atomic E-state index is 12.3. The largest absolute Gasteiger partial charge is 0.350 e. The molecule has 7 heteroatoms. The number of aryl methyl sites for hydroxylation is 2. The highest BCUT2D eigenvalue weighted by Gasteiger charge is 2.13. The molecule has 3 aromatic heterocycles. The van der Waals surface area contributed by atoms with E-state index in [0.717, 1.165) is 29.0 Å². The van der Waals surface area contributed by atoms with Crippen LogP contribution in [-0.2, 0) is 13.0 Å². The van der Waals surface area contributed by atoms with E-state index >= 15 is 0 Å². The molecule has 0 bridgehead atoms. The van der Waals surface area contributed by atoms with Gasteiger partial charge in [0.05, 0.1) is 23.3 Å². The van der Waals surface area contributed by atoms with Crippen LogP contribution in [-0.4, -0.2) is 32.2 Å². The summed E-state index contributed by atoms with van der Waals surface area (Å²) in [6, 6.07) is 11.9. The lowest BCUT2D eigenvalue weighted by Crippen LogP contribution is -2.25. The number of aromatic amines is 1. The van der Waals surface area contributed by atoms with Crippen LogP contribution in [0.5, 0.6) is 0 Å². The SMILES string of the molecule is Cc1ccsc1CCNC(=O)c1cc(Cn2c(C)nc3ccccc32)[nH]n1. The number of nitrogens with zero attached hydrogens (tertiary/aromatic N) is 3. The highest BCUT2D eigenvalue weighted by atomic mass is 32.1. The minimum Gasteiger partial charge on any atom is -0.350 e. The van der Waals surface area contributed by atoms with Crippen molar-refractivity contribution in [2.75, 3.05) is 6.54 Å². The Hall–Kier alpha value is -2.93. The lowest BCUT2D eigenvalue weighted by Gasteiger charge is -2.04. The first-order valence-corrected chi connectivity index (χ1v) is 9.77. The Morgan fingerprint density at radius 2 is 2.11 bits per heavy atom. The molecule has 0 fully saturated rings. The summed E-state index contributed by atoms with van der Waals surface area (Å²) in [6.45, 7) is 5.28. The van der Waals surface area contributed by atoms with Crippen LogP contribution in [0.25, 0.3) is 11.0 Å². The third-order valence-electron chi connectivity index (χ3n) is 4.64. The van der Waals surface area contributed by atoms with Crippen molar-refractivity contribution in [3.05, 3.63) is 69.4 Å². The summed E-state index contributed by atoms with van der Waals surface area (Å²) in [5, 5.41) is 12.2. The predicted octanol–water partition coefficient (Wildman–Crippen LogP) is 3.46. The zero-order valence-corrected chi connectivity index (χ0v) is 16.1. The van der Waals surface area contributed by atoms with Crippen LogP contribution < -0.4 is 5.32 Å².